The molecule has 2 aliphatic carbocycles. The Morgan fingerprint density at radius 1 is 0.629 bits per heavy atom. The van der Waals surface area contributed by atoms with E-state index in [1.54, 1.807) is 0 Å². The van der Waals surface area contributed by atoms with E-state index in [1.807, 2.05) is 24.7 Å². The third-order valence-electron chi connectivity index (χ3n) is 8.01. The van der Waals surface area contributed by atoms with Crippen LogP contribution in [0.25, 0.3) is 60.7 Å². The summed E-state index contributed by atoms with van der Waals surface area (Å²) in [6.45, 7) is 0. The van der Waals surface area contributed by atoms with Gasteiger partial charge in [0.15, 0.2) is 5.65 Å². The smallest absolute Gasteiger partial charge is 0.178 e. The molecule has 0 radical (unpaired) electrons. The largest absolute Gasteiger partial charge is 0.288 e. The molecule has 0 saturated heterocycles. The third-order valence-corrected chi connectivity index (χ3v) is 8.01. The second-order valence-electron chi connectivity index (χ2n) is 9.69. The maximum absolute atomic E-state index is 4.98. The van der Waals surface area contributed by atoms with Crippen LogP contribution in [0.2, 0.25) is 0 Å². The molecule has 4 nitrogen and oxygen atoms in total. The average Bonchev–Trinajstić information content (AvgIpc) is 3.59. The van der Waals surface area contributed by atoms with Crippen LogP contribution in [0, 0.1) is 0 Å². The van der Waals surface area contributed by atoms with Gasteiger partial charge in [-0.15, -0.1) is 0 Å². The summed E-state index contributed by atoms with van der Waals surface area (Å²) in [5, 5.41) is 3.59. The molecule has 4 heteroatoms. The zero-order valence-electron chi connectivity index (χ0n) is 18.8. The second kappa shape index (κ2) is 6.10. The first kappa shape index (κ1) is 17.8. The molecule has 0 amide bonds. The Balaban J connectivity index is 1.38. The van der Waals surface area contributed by atoms with E-state index in [0.29, 0.717) is 0 Å². The Hall–Kier alpha value is -4.57. The summed E-state index contributed by atoms with van der Waals surface area (Å²) in [4.78, 5) is 14.0. The Morgan fingerprint density at radius 2 is 1.49 bits per heavy atom. The summed E-state index contributed by atoms with van der Waals surface area (Å²) in [6, 6.07) is 24.5. The van der Waals surface area contributed by atoms with Crippen LogP contribution in [0.4, 0.5) is 0 Å². The molecule has 0 atom stereocenters. The number of rotatable bonds is 0. The van der Waals surface area contributed by atoms with Crippen molar-refractivity contribution in [3.8, 4) is 22.3 Å². The Morgan fingerprint density at radius 3 is 2.43 bits per heavy atom. The van der Waals surface area contributed by atoms with Gasteiger partial charge < -0.3 is 0 Å². The number of aromatic nitrogens is 4. The fourth-order valence-corrected chi connectivity index (χ4v) is 6.50. The van der Waals surface area contributed by atoms with Gasteiger partial charge in [-0.05, 0) is 93.1 Å². The zero-order valence-corrected chi connectivity index (χ0v) is 18.8. The highest BCUT2D eigenvalue weighted by molar-refractivity contribution is 6.15. The van der Waals surface area contributed by atoms with E-state index < -0.39 is 0 Å². The van der Waals surface area contributed by atoms with Gasteiger partial charge in [0.25, 0.3) is 0 Å². The number of pyridine rings is 3. The Labute approximate surface area is 200 Å². The SMILES string of the molecule is c1ccc2c(c1)Cc1c-2ccc2c1Cc1cc3c(cc1-2)c1ccncc1n1c2cccnc2nc31. The van der Waals surface area contributed by atoms with Crippen LogP contribution in [0.5, 0.6) is 0 Å². The number of hydrogen-bond donors (Lipinski definition) is 0. The summed E-state index contributed by atoms with van der Waals surface area (Å²) >= 11 is 0. The minimum atomic E-state index is 0.768. The van der Waals surface area contributed by atoms with Gasteiger partial charge >= 0.3 is 0 Å². The van der Waals surface area contributed by atoms with Crippen molar-refractivity contribution in [3.63, 3.8) is 0 Å². The van der Waals surface area contributed by atoms with Crippen molar-refractivity contribution in [1.82, 2.24) is 19.4 Å². The maximum atomic E-state index is 4.98. The Kier molecular flexibility index (Phi) is 3.11. The molecule has 0 saturated carbocycles. The molecule has 4 aromatic heterocycles. The molecular weight excluding hydrogens is 428 g/mol. The molecule has 2 aliphatic rings. The van der Waals surface area contributed by atoms with Crippen LogP contribution in [0.3, 0.4) is 0 Å². The molecule has 35 heavy (non-hydrogen) atoms. The Bertz CT molecular complexity index is 2070. The van der Waals surface area contributed by atoms with Gasteiger partial charge in [0, 0.05) is 23.2 Å². The summed E-state index contributed by atoms with van der Waals surface area (Å²) in [5.74, 6) is 0. The van der Waals surface area contributed by atoms with Crippen LogP contribution in [-0.4, -0.2) is 19.4 Å². The maximum Gasteiger partial charge on any atom is 0.178 e. The van der Waals surface area contributed by atoms with E-state index in [2.05, 4.69) is 75.0 Å². The highest BCUT2D eigenvalue weighted by Gasteiger charge is 2.28. The molecule has 0 spiro atoms. The van der Waals surface area contributed by atoms with Crippen molar-refractivity contribution >= 4 is 38.5 Å². The fourth-order valence-electron chi connectivity index (χ4n) is 6.50. The van der Waals surface area contributed by atoms with E-state index in [0.717, 1.165) is 35.2 Å². The van der Waals surface area contributed by atoms with Gasteiger partial charge in [-0.25, -0.2) is 9.97 Å². The molecule has 4 heterocycles. The standard InChI is InChI=1S/C31H18N4/c1-2-5-19-17(4-1)12-24-20(19)7-8-21-23-15-26-22-9-11-32-16-29(22)35-28-6-3-10-33-30(28)34-31(35)27(26)14-18(23)13-25(21)24/h1-11,14-16H,12-13H2. The monoisotopic (exact) mass is 446 g/mol. The molecule has 0 unspecified atom stereocenters. The van der Waals surface area contributed by atoms with E-state index in [1.165, 1.54) is 60.7 Å². The molecule has 9 rings (SSSR count). The predicted octanol–water partition coefficient (Wildman–Crippen LogP) is 6.73. The summed E-state index contributed by atoms with van der Waals surface area (Å²) in [7, 11) is 0. The molecule has 0 fully saturated rings. The molecule has 3 aromatic carbocycles. The summed E-state index contributed by atoms with van der Waals surface area (Å²) in [5.41, 5.74) is 15.1. The van der Waals surface area contributed by atoms with Gasteiger partial charge in [-0.1, -0.05) is 36.4 Å². The van der Waals surface area contributed by atoms with Crippen molar-refractivity contribution in [3.05, 3.63) is 108 Å². The minimum absolute atomic E-state index is 0.768. The quantitative estimate of drug-likeness (QED) is 0.243. The van der Waals surface area contributed by atoms with Crippen molar-refractivity contribution in [2.24, 2.45) is 0 Å². The lowest BCUT2D eigenvalue weighted by atomic mass is 9.96. The number of nitrogens with zero attached hydrogens (tertiary/aromatic N) is 4. The second-order valence-corrected chi connectivity index (χ2v) is 9.69. The van der Waals surface area contributed by atoms with Crippen LogP contribution < -0.4 is 0 Å². The normalized spacial score (nSPS) is 13.5. The third kappa shape index (κ3) is 2.15. The van der Waals surface area contributed by atoms with Crippen LogP contribution >= 0.6 is 0 Å². The van der Waals surface area contributed by atoms with Crippen molar-refractivity contribution in [2.75, 3.05) is 0 Å². The summed E-state index contributed by atoms with van der Waals surface area (Å²) in [6.07, 6.45) is 7.64. The van der Waals surface area contributed by atoms with Crippen LogP contribution in [0.15, 0.2) is 85.3 Å². The van der Waals surface area contributed by atoms with Gasteiger partial charge in [0.1, 0.15) is 5.65 Å². The molecule has 7 aromatic rings. The highest BCUT2D eigenvalue weighted by atomic mass is 15.1. The summed E-state index contributed by atoms with van der Waals surface area (Å²) < 4.78 is 2.22. The molecule has 162 valence electrons. The fraction of sp³-hybridized carbons (Fsp3) is 0.0645. The van der Waals surface area contributed by atoms with Gasteiger partial charge in [-0.3, -0.25) is 9.38 Å². The first-order valence-electron chi connectivity index (χ1n) is 12.0. The first-order valence-corrected chi connectivity index (χ1v) is 12.0. The van der Waals surface area contributed by atoms with Crippen molar-refractivity contribution < 1.29 is 0 Å². The highest BCUT2D eigenvalue weighted by Crippen LogP contribution is 2.48. The zero-order chi connectivity index (χ0) is 22.7. The topological polar surface area (TPSA) is 43.1 Å². The lowest BCUT2D eigenvalue weighted by Crippen LogP contribution is -1.93. The number of benzene rings is 3. The number of hydrogen-bond acceptors (Lipinski definition) is 3. The molecular formula is C31H18N4. The van der Waals surface area contributed by atoms with Gasteiger partial charge in [0.2, 0.25) is 0 Å². The minimum Gasteiger partial charge on any atom is -0.288 e. The van der Waals surface area contributed by atoms with E-state index >= 15 is 0 Å². The average molecular weight is 447 g/mol. The van der Waals surface area contributed by atoms with E-state index in [9.17, 15) is 0 Å². The van der Waals surface area contributed by atoms with Crippen LogP contribution in [0.1, 0.15) is 22.3 Å². The van der Waals surface area contributed by atoms with Crippen molar-refractivity contribution in [2.45, 2.75) is 12.8 Å². The van der Waals surface area contributed by atoms with E-state index in [4.69, 9.17) is 4.98 Å². The number of imidazole rings is 1. The predicted molar refractivity (Wildman–Crippen MR) is 140 cm³/mol. The lowest BCUT2D eigenvalue weighted by Gasteiger charge is -2.11. The van der Waals surface area contributed by atoms with Crippen LogP contribution in [-0.2, 0) is 12.8 Å². The van der Waals surface area contributed by atoms with Crippen molar-refractivity contribution in [1.29, 1.82) is 0 Å². The van der Waals surface area contributed by atoms with E-state index in [-0.39, 0.29) is 0 Å². The molecule has 0 N–H and O–H groups in total. The lowest BCUT2D eigenvalue weighted by molar-refractivity contribution is 1.16. The van der Waals surface area contributed by atoms with Gasteiger partial charge in [-0.2, -0.15) is 0 Å². The molecule has 0 aliphatic heterocycles. The number of fused-ring (bicyclic) bond motifs is 15. The van der Waals surface area contributed by atoms with Gasteiger partial charge in [0.05, 0.1) is 17.2 Å². The molecule has 0 bridgehead atoms. The first-order chi connectivity index (χ1) is 17.3.